The fourth-order valence-electron chi connectivity index (χ4n) is 1.35. The van der Waals surface area contributed by atoms with Gasteiger partial charge in [0.05, 0.1) is 6.61 Å². The zero-order valence-electron chi connectivity index (χ0n) is 8.69. The molecule has 0 fully saturated rings. The third kappa shape index (κ3) is 3.06. The lowest BCUT2D eigenvalue weighted by Crippen LogP contribution is -1.99. The van der Waals surface area contributed by atoms with E-state index in [1.165, 1.54) is 6.33 Å². The van der Waals surface area contributed by atoms with E-state index >= 15 is 0 Å². The van der Waals surface area contributed by atoms with Gasteiger partial charge in [0.1, 0.15) is 12.1 Å². The van der Waals surface area contributed by atoms with Gasteiger partial charge in [-0.25, -0.2) is 9.97 Å². The van der Waals surface area contributed by atoms with Crippen molar-refractivity contribution in [3.8, 4) is 0 Å². The molecule has 0 bridgehead atoms. The molecule has 1 aromatic heterocycles. The molecule has 1 heterocycles. The SMILES string of the molecule is OCc1cncnc1Nc1cc(Cl)cc(Cl)c1. The highest BCUT2D eigenvalue weighted by Gasteiger charge is 2.04. The molecule has 4 nitrogen and oxygen atoms in total. The molecule has 0 saturated carbocycles. The van der Waals surface area contributed by atoms with Crippen LogP contribution < -0.4 is 5.32 Å². The Morgan fingerprint density at radius 2 is 1.88 bits per heavy atom. The highest BCUT2D eigenvalue weighted by Crippen LogP contribution is 2.25. The maximum absolute atomic E-state index is 9.13. The zero-order chi connectivity index (χ0) is 12.3. The van der Waals surface area contributed by atoms with Crippen LogP contribution in [0.1, 0.15) is 5.56 Å². The minimum absolute atomic E-state index is 0.141. The van der Waals surface area contributed by atoms with Crippen LogP contribution >= 0.6 is 23.2 Å². The number of halogens is 2. The number of aliphatic hydroxyl groups excluding tert-OH is 1. The molecule has 2 aromatic rings. The van der Waals surface area contributed by atoms with Crippen LogP contribution in [0.3, 0.4) is 0 Å². The van der Waals surface area contributed by atoms with E-state index in [2.05, 4.69) is 15.3 Å². The van der Waals surface area contributed by atoms with Gasteiger partial charge in [0, 0.05) is 27.5 Å². The Morgan fingerprint density at radius 1 is 1.18 bits per heavy atom. The van der Waals surface area contributed by atoms with Crippen molar-refractivity contribution in [2.75, 3.05) is 5.32 Å². The van der Waals surface area contributed by atoms with Crippen molar-refractivity contribution in [3.05, 3.63) is 46.3 Å². The summed E-state index contributed by atoms with van der Waals surface area (Å²) in [6.45, 7) is -0.141. The Labute approximate surface area is 108 Å². The summed E-state index contributed by atoms with van der Waals surface area (Å²) in [5.74, 6) is 0.529. The summed E-state index contributed by atoms with van der Waals surface area (Å²) in [5, 5.41) is 13.2. The van der Waals surface area contributed by atoms with Crippen LogP contribution in [-0.2, 0) is 6.61 Å². The number of benzene rings is 1. The highest BCUT2D eigenvalue weighted by atomic mass is 35.5. The molecule has 88 valence electrons. The summed E-state index contributed by atoms with van der Waals surface area (Å²) >= 11 is 11.8. The standard InChI is InChI=1S/C11H9Cl2N3O/c12-8-1-9(13)3-10(2-8)16-11-7(5-17)4-14-6-15-11/h1-4,6,17H,5H2,(H,14,15,16). The molecule has 0 aliphatic rings. The van der Waals surface area contributed by atoms with Crippen LogP contribution in [0.2, 0.25) is 10.0 Å². The lowest BCUT2D eigenvalue weighted by atomic mass is 10.3. The summed E-state index contributed by atoms with van der Waals surface area (Å²) in [6.07, 6.45) is 2.94. The quantitative estimate of drug-likeness (QED) is 0.900. The molecule has 0 radical (unpaired) electrons. The predicted octanol–water partition coefficient (Wildman–Crippen LogP) is 3.02. The van der Waals surface area contributed by atoms with Crippen molar-refractivity contribution in [1.29, 1.82) is 0 Å². The average Bonchev–Trinajstić information content (AvgIpc) is 2.28. The molecule has 0 amide bonds. The molecule has 2 N–H and O–H groups in total. The van der Waals surface area contributed by atoms with Crippen molar-refractivity contribution in [3.63, 3.8) is 0 Å². The second kappa shape index (κ2) is 5.31. The van der Waals surface area contributed by atoms with Crippen molar-refractivity contribution in [1.82, 2.24) is 9.97 Å². The Morgan fingerprint density at radius 3 is 2.53 bits per heavy atom. The van der Waals surface area contributed by atoms with Crippen molar-refractivity contribution >= 4 is 34.7 Å². The Balaban J connectivity index is 2.31. The number of rotatable bonds is 3. The van der Waals surface area contributed by atoms with E-state index in [0.29, 0.717) is 27.1 Å². The second-order valence-electron chi connectivity index (χ2n) is 3.34. The highest BCUT2D eigenvalue weighted by molar-refractivity contribution is 6.35. The lowest BCUT2D eigenvalue weighted by Gasteiger charge is -2.09. The van der Waals surface area contributed by atoms with Gasteiger partial charge in [0.2, 0.25) is 0 Å². The maximum Gasteiger partial charge on any atom is 0.139 e. The average molecular weight is 270 g/mol. The van der Waals surface area contributed by atoms with Crippen molar-refractivity contribution in [2.24, 2.45) is 0 Å². The molecule has 17 heavy (non-hydrogen) atoms. The van der Waals surface area contributed by atoms with Gasteiger partial charge in [-0.2, -0.15) is 0 Å². The lowest BCUT2D eigenvalue weighted by molar-refractivity contribution is 0.281. The first-order chi connectivity index (χ1) is 8.19. The molecule has 0 aliphatic heterocycles. The third-order valence-electron chi connectivity index (χ3n) is 2.08. The first kappa shape index (κ1) is 12.1. The predicted molar refractivity (Wildman–Crippen MR) is 67.7 cm³/mol. The Bertz CT molecular complexity index is 514. The number of aromatic nitrogens is 2. The second-order valence-corrected chi connectivity index (χ2v) is 4.21. The summed E-state index contributed by atoms with van der Waals surface area (Å²) < 4.78 is 0. The van der Waals surface area contributed by atoms with Crippen molar-refractivity contribution in [2.45, 2.75) is 6.61 Å². The van der Waals surface area contributed by atoms with Crippen LogP contribution in [0.4, 0.5) is 11.5 Å². The molecule has 1 aromatic carbocycles. The molecule has 6 heteroatoms. The molecule has 0 saturated heterocycles. The smallest absolute Gasteiger partial charge is 0.139 e. The molecular formula is C11H9Cl2N3O. The largest absolute Gasteiger partial charge is 0.391 e. The summed E-state index contributed by atoms with van der Waals surface area (Å²) in [5.41, 5.74) is 1.31. The first-order valence-corrected chi connectivity index (χ1v) is 5.57. The van der Waals surface area contributed by atoms with E-state index in [4.69, 9.17) is 28.3 Å². The fourth-order valence-corrected chi connectivity index (χ4v) is 1.88. The topological polar surface area (TPSA) is 58.0 Å². The van der Waals surface area contributed by atoms with Gasteiger partial charge in [-0.15, -0.1) is 0 Å². The van der Waals surface area contributed by atoms with Gasteiger partial charge in [-0.3, -0.25) is 0 Å². The Hall–Kier alpha value is -1.36. The molecular weight excluding hydrogens is 261 g/mol. The van der Waals surface area contributed by atoms with Gasteiger partial charge < -0.3 is 10.4 Å². The number of anilines is 2. The summed E-state index contributed by atoms with van der Waals surface area (Å²) in [4.78, 5) is 7.87. The molecule has 0 aliphatic carbocycles. The molecule has 0 spiro atoms. The number of hydrogen-bond acceptors (Lipinski definition) is 4. The van der Waals surface area contributed by atoms with Crippen LogP contribution in [-0.4, -0.2) is 15.1 Å². The number of nitrogens with one attached hydrogen (secondary N) is 1. The van der Waals surface area contributed by atoms with Gasteiger partial charge >= 0.3 is 0 Å². The van der Waals surface area contributed by atoms with Gasteiger partial charge in [0.25, 0.3) is 0 Å². The number of aliphatic hydroxyl groups is 1. The number of hydrogen-bond donors (Lipinski definition) is 2. The normalized spacial score (nSPS) is 10.3. The Kier molecular flexibility index (Phi) is 3.78. The van der Waals surface area contributed by atoms with E-state index in [1.807, 2.05) is 0 Å². The van der Waals surface area contributed by atoms with Crippen LogP contribution in [0.25, 0.3) is 0 Å². The first-order valence-electron chi connectivity index (χ1n) is 4.82. The zero-order valence-corrected chi connectivity index (χ0v) is 10.2. The van der Waals surface area contributed by atoms with Crippen LogP contribution in [0, 0.1) is 0 Å². The minimum atomic E-state index is -0.141. The van der Waals surface area contributed by atoms with Gasteiger partial charge in [-0.05, 0) is 18.2 Å². The summed E-state index contributed by atoms with van der Waals surface area (Å²) in [7, 11) is 0. The maximum atomic E-state index is 9.13. The minimum Gasteiger partial charge on any atom is -0.391 e. The summed E-state index contributed by atoms with van der Waals surface area (Å²) in [6, 6.07) is 5.08. The van der Waals surface area contributed by atoms with Crippen LogP contribution in [0.5, 0.6) is 0 Å². The monoisotopic (exact) mass is 269 g/mol. The number of nitrogens with zero attached hydrogens (tertiary/aromatic N) is 2. The van der Waals surface area contributed by atoms with E-state index < -0.39 is 0 Å². The van der Waals surface area contributed by atoms with E-state index in [1.54, 1.807) is 24.4 Å². The molecule has 0 atom stereocenters. The third-order valence-corrected chi connectivity index (χ3v) is 2.52. The molecule has 2 rings (SSSR count). The van der Waals surface area contributed by atoms with Gasteiger partial charge in [-0.1, -0.05) is 23.2 Å². The van der Waals surface area contributed by atoms with E-state index in [0.717, 1.165) is 0 Å². The molecule has 0 unspecified atom stereocenters. The fraction of sp³-hybridized carbons (Fsp3) is 0.0909. The van der Waals surface area contributed by atoms with E-state index in [-0.39, 0.29) is 6.61 Å². The van der Waals surface area contributed by atoms with E-state index in [9.17, 15) is 0 Å². The van der Waals surface area contributed by atoms with Crippen LogP contribution in [0.15, 0.2) is 30.7 Å². The van der Waals surface area contributed by atoms with Crippen molar-refractivity contribution < 1.29 is 5.11 Å². The van der Waals surface area contributed by atoms with Gasteiger partial charge in [0.15, 0.2) is 0 Å².